The second-order valence-electron chi connectivity index (χ2n) is 5.53. The molecule has 1 N–H and O–H groups in total. The minimum atomic E-state index is -0.295. The zero-order valence-electron chi connectivity index (χ0n) is 12.4. The largest absolute Gasteiger partial charge is 0.381 e. The fourth-order valence-corrected chi connectivity index (χ4v) is 2.66. The molecule has 0 aliphatic carbocycles. The number of rotatable bonds is 4. The summed E-state index contributed by atoms with van der Waals surface area (Å²) in [6, 6.07) is 0.334. The van der Waals surface area contributed by atoms with Crippen LogP contribution < -0.4 is 16.6 Å². The number of hydrogen-bond donors (Lipinski definition) is 1. The van der Waals surface area contributed by atoms with Crippen LogP contribution in [0, 0.1) is 5.92 Å². The van der Waals surface area contributed by atoms with Gasteiger partial charge in [0.25, 0.3) is 5.56 Å². The smallest absolute Gasteiger partial charge is 0.330 e. The summed E-state index contributed by atoms with van der Waals surface area (Å²) in [7, 11) is 3.17. The van der Waals surface area contributed by atoms with Gasteiger partial charge in [-0.15, -0.1) is 0 Å². The average Bonchev–Trinajstić information content (AvgIpc) is 2.48. The molecule has 1 aliphatic heterocycles. The van der Waals surface area contributed by atoms with Crippen molar-refractivity contribution in [3.63, 3.8) is 0 Å². The van der Waals surface area contributed by atoms with Crippen LogP contribution in [-0.2, 0) is 25.4 Å². The SMILES string of the molecule is CC(NCc1cn(C)c(=O)n(C)c1=O)C1CCOCC1. The molecule has 0 saturated carbocycles. The monoisotopic (exact) mass is 281 g/mol. The van der Waals surface area contributed by atoms with Gasteiger partial charge in [-0.25, -0.2) is 4.79 Å². The molecular weight excluding hydrogens is 258 g/mol. The highest BCUT2D eigenvalue weighted by Crippen LogP contribution is 2.18. The van der Waals surface area contributed by atoms with E-state index in [0.717, 1.165) is 30.6 Å². The molecule has 112 valence electrons. The maximum Gasteiger partial charge on any atom is 0.330 e. The lowest BCUT2D eigenvalue weighted by Gasteiger charge is -2.28. The van der Waals surface area contributed by atoms with E-state index in [9.17, 15) is 9.59 Å². The molecule has 2 heterocycles. The van der Waals surface area contributed by atoms with Crippen molar-refractivity contribution in [2.24, 2.45) is 20.0 Å². The second-order valence-corrected chi connectivity index (χ2v) is 5.53. The molecule has 0 amide bonds. The molecule has 6 heteroatoms. The first kappa shape index (κ1) is 15.0. The fraction of sp³-hybridized carbons (Fsp3) is 0.714. The Bertz CT molecular complexity index is 570. The average molecular weight is 281 g/mol. The Morgan fingerprint density at radius 3 is 2.65 bits per heavy atom. The first-order chi connectivity index (χ1) is 9.50. The molecule has 0 radical (unpaired) electrons. The van der Waals surface area contributed by atoms with Crippen LogP contribution in [0.15, 0.2) is 15.8 Å². The lowest BCUT2D eigenvalue weighted by atomic mass is 9.93. The van der Waals surface area contributed by atoms with E-state index < -0.39 is 0 Å². The van der Waals surface area contributed by atoms with Crippen LogP contribution in [0.5, 0.6) is 0 Å². The zero-order valence-corrected chi connectivity index (χ0v) is 12.4. The third-order valence-electron chi connectivity index (χ3n) is 4.11. The molecule has 1 aromatic heterocycles. The minimum Gasteiger partial charge on any atom is -0.381 e. The van der Waals surface area contributed by atoms with Gasteiger partial charge in [-0.05, 0) is 25.7 Å². The highest BCUT2D eigenvalue weighted by Gasteiger charge is 2.20. The van der Waals surface area contributed by atoms with E-state index in [0.29, 0.717) is 24.1 Å². The van der Waals surface area contributed by atoms with Gasteiger partial charge in [-0.3, -0.25) is 9.36 Å². The van der Waals surface area contributed by atoms with Gasteiger partial charge in [0.2, 0.25) is 0 Å². The number of ether oxygens (including phenoxy) is 1. The van der Waals surface area contributed by atoms with E-state index in [1.165, 1.54) is 11.6 Å². The first-order valence-corrected chi connectivity index (χ1v) is 7.07. The van der Waals surface area contributed by atoms with Gasteiger partial charge in [0, 0.05) is 51.7 Å². The number of nitrogens with zero attached hydrogens (tertiary/aromatic N) is 2. The van der Waals surface area contributed by atoms with Gasteiger partial charge < -0.3 is 14.6 Å². The van der Waals surface area contributed by atoms with E-state index in [-0.39, 0.29) is 11.2 Å². The lowest BCUT2D eigenvalue weighted by Crippen LogP contribution is -2.42. The Kier molecular flexibility index (Phi) is 4.77. The highest BCUT2D eigenvalue weighted by molar-refractivity contribution is 5.05. The Hall–Kier alpha value is -1.40. The normalized spacial score (nSPS) is 18.1. The molecular formula is C14H23N3O3. The third-order valence-corrected chi connectivity index (χ3v) is 4.11. The number of nitrogens with one attached hydrogen (secondary N) is 1. The predicted octanol–water partition coefficient (Wildman–Crippen LogP) is -0.0113. The molecule has 0 bridgehead atoms. The Labute approximate surface area is 118 Å². The van der Waals surface area contributed by atoms with Crippen LogP contribution in [0.3, 0.4) is 0 Å². The first-order valence-electron chi connectivity index (χ1n) is 7.07. The Morgan fingerprint density at radius 1 is 1.35 bits per heavy atom. The van der Waals surface area contributed by atoms with Crippen LogP contribution >= 0.6 is 0 Å². The van der Waals surface area contributed by atoms with Crippen LogP contribution in [0.4, 0.5) is 0 Å². The van der Waals surface area contributed by atoms with Crippen LogP contribution in [0.2, 0.25) is 0 Å². The molecule has 1 aromatic rings. The summed E-state index contributed by atoms with van der Waals surface area (Å²) >= 11 is 0. The molecule has 1 fully saturated rings. The summed E-state index contributed by atoms with van der Waals surface area (Å²) in [5.74, 6) is 0.583. The number of aryl methyl sites for hydroxylation is 1. The van der Waals surface area contributed by atoms with Crippen molar-refractivity contribution in [3.05, 3.63) is 32.6 Å². The van der Waals surface area contributed by atoms with E-state index in [1.54, 1.807) is 13.2 Å². The van der Waals surface area contributed by atoms with Gasteiger partial charge in [0.05, 0.1) is 0 Å². The zero-order chi connectivity index (χ0) is 14.7. The summed E-state index contributed by atoms with van der Waals surface area (Å²) in [4.78, 5) is 23.6. The van der Waals surface area contributed by atoms with Gasteiger partial charge >= 0.3 is 5.69 Å². The second kappa shape index (κ2) is 6.37. The molecule has 1 atom stereocenters. The molecule has 1 aliphatic rings. The summed E-state index contributed by atoms with van der Waals surface area (Å²) < 4.78 is 7.95. The summed E-state index contributed by atoms with van der Waals surface area (Å²) in [6.45, 7) is 4.26. The standard InChI is InChI=1S/C14H23N3O3/c1-10(11-4-6-20-7-5-11)15-8-12-9-16(2)14(19)17(3)13(12)18/h9-11,15H,4-8H2,1-3H3. The summed E-state index contributed by atoms with van der Waals surface area (Å²) in [5, 5.41) is 3.40. The van der Waals surface area contributed by atoms with Gasteiger partial charge in [0.15, 0.2) is 0 Å². The van der Waals surface area contributed by atoms with E-state index in [1.807, 2.05) is 0 Å². The predicted molar refractivity (Wildman–Crippen MR) is 76.8 cm³/mol. The van der Waals surface area contributed by atoms with Crippen molar-refractivity contribution < 1.29 is 4.74 Å². The molecule has 1 saturated heterocycles. The van der Waals surface area contributed by atoms with Gasteiger partial charge in [0.1, 0.15) is 0 Å². The number of hydrogen-bond acceptors (Lipinski definition) is 4. The quantitative estimate of drug-likeness (QED) is 0.843. The maximum atomic E-state index is 12.0. The van der Waals surface area contributed by atoms with Crippen molar-refractivity contribution in [2.45, 2.75) is 32.4 Å². The summed E-state index contributed by atoms with van der Waals surface area (Å²) in [6.07, 6.45) is 3.73. The van der Waals surface area contributed by atoms with Crippen molar-refractivity contribution in [3.8, 4) is 0 Å². The van der Waals surface area contributed by atoms with Crippen molar-refractivity contribution in [1.82, 2.24) is 14.5 Å². The maximum absolute atomic E-state index is 12.0. The number of aromatic nitrogens is 2. The van der Waals surface area contributed by atoms with E-state index in [2.05, 4.69) is 12.2 Å². The summed E-state index contributed by atoms with van der Waals surface area (Å²) in [5.41, 5.74) is 0.101. The van der Waals surface area contributed by atoms with Crippen molar-refractivity contribution in [2.75, 3.05) is 13.2 Å². The highest BCUT2D eigenvalue weighted by atomic mass is 16.5. The van der Waals surface area contributed by atoms with Crippen LogP contribution in [0.25, 0.3) is 0 Å². The fourth-order valence-electron chi connectivity index (χ4n) is 2.66. The molecule has 20 heavy (non-hydrogen) atoms. The molecule has 2 rings (SSSR count). The van der Waals surface area contributed by atoms with Crippen molar-refractivity contribution >= 4 is 0 Å². The molecule has 1 unspecified atom stereocenters. The molecule has 0 aromatic carbocycles. The van der Waals surface area contributed by atoms with E-state index >= 15 is 0 Å². The lowest BCUT2D eigenvalue weighted by molar-refractivity contribution is 0.0557. The van der Waals surface area contributed by atoms with Gasteiger partial charge in [-0.2, -0.15) is 0 Å². The molecule has 0 spiro atoms. The third kappa shape index (κ3) is 3.19. The topological polar surface area (TPSA) is 65.3 Å². The van der Waals surface area contributed by atoms with Crippen LogP contribution in [0.1, 0.15) is 25.3 Å². The minimum absolute atomic E-state index is 0.222. The van der Waals surface area contributed by atoms with Crippen molar-refractivity contribution in [1.29, 1.82) is 0 Å². The Morgan fingerprint density at radius 2 is 2.00 bits per heavy atom. The van der Waals surface area contributed by atoms with Crippen LogP contribution in [-0.4, -0.2) is 28.4 Å². The Balaban J connectivity index is 2.04. The van der Waals surface area contributed by atoms with Gasteiger partial charge in [-0.1, -0.05) is 0 Å². The molecule has 6 nitrogen and oxygen atoms in total. The van der Waals surface area contributed by atoms with E-state index in [4.69, 9.17) is 4.74 Å².